The van der Waals surface area contributed by atoms with Gasteiger partial charge in [-0.2, -0.15) is 0 Å². The zero-order chi connectivity index (χ0) is 17.8. The summed E-state index contributed by atoms with van der Waals surface area (Å²) in [5.74, 6) is 1.81. The second-order valence-electron chi connectivity index (χ2n) is 6.61. The molecule has 2 aromatic heterocycles. The van der Waals surface area contributed by atoms with Crippen LogP contribution in [-0.2, 0) is 22.7 Å². The van der Waals surface area contributed by atoms with E-state index < -0.39 is 0 Å². The number of anilines is 1. The van der Waals surface area contributed by atoms with Crippen LogP contribution in [0, 0.1) is 12.8 Å². The molecule has 0 atom stereocenters. The van der Waals surface area contributed by atoms with Gasteiger partial charge in [-0.05, 0) is 45.1 Å². The van der Waals surface area contributed by atoms with Crippen molar-refractivity contribution >= 4 is 22.8 Å². The van der Waals surface area contributed by atoms with E-state index in [2.05, 4.69) is 19.9 Å². The van der Waals surface area contributed by atoms with Gasteiger partial charge in [-0.25, -0.2) is 9.97 Å². The van der Waals surface area contributed by atoms with Crippen molar-refractivity contribution in [1.82, 2.24) is 19.9 Å². The van der Waals surface area contributed by atoms with Crippen LogP contribution < -0.4 is 11.1 Å². The number of rotatable bonds is 9. The van der Waals surface area contributed by atoms with Gasteiger partial charge in [0.1, 0.15) is 17.9 Å². The molecule has 3 N–H and O–H groups in total. The topological polar surface area (TPSA) is 95.1 Å². The van der Waals surface area contributed by atoms with Crippen LogP contribution in [0.4, 0.5) is 5.82 Å². The number of pyridine rings is 1. The number of ether oxygens (including phenoxy) is 1. The minimum absolute atomic E-state index is 0.208. The Balaban J connectivity index is 1.67. The number of nitrogens with zero attached hydrogens (tertiary/aromatic N) is 3. The quantitative estimate of drug-likeness (QED) is 0.679. The third kappa shape index (κ3) is 4.10. The average molecular weight is 345 g/mol. The van der Waals surface area contributed by atoms with E-state index in [1.54, 1.807) is 6.20 Å². The number of imidazole rings is 1. The lowest BCUT2D eigenvalue weighted by molar-refractivity contribution is -0.122. The number of carbonyl (C=O) groups is 1. The lowest BCUT2D eigenvalue weighted by Crippen LogP contribution is -2.25. The minimum Gasteiger partial charge on any atom is -0.382 e. The number of aromatic nitrogens is 3. The Bertz CT molecular complexity index is 751. The monoisotopic (exact) mass is 345 g/mol. The van der Waals surface area contributed by atoms with Crippen molar-refractivity contribution in [2.24, 2.45) is 5.92 Å². The third-order valence-electron chi connectivity index (χ3n) is 4.55. The fourth-order valence-corrected chi connectivity index (χ4v) is 3.01. The number of unbranched alkanes of at least 4 members (excludes halogenated alkanes) is 1. The highest BCUT2D eigenvalue weighted by Crippen LogP contribution is 2.28. The summed E-state index contributed by atoms with van der Waals surface area (Å²) in [4.78, 5) is 20.5. The number of nitrogens with two attached hydrogens (primary N) is 1. The summed E-state index contributed by atoms with van der Waals surface area (Å²) in [5, 5.41) is 3.01. The van der Waals surface area contributed by atoms with Crippen LogP contribution >= 0.6 is 0 Å². The van der Waals surface area contributed by atoms with Gasteiger partial charge in [0.05, 0.1) is 5.52 Å². The highest BCUT2D eigenvalue weighted by Gasteiger charge is 2.28. The number of fused-ring (bicyclic) bond motifs is 1. The standard InChI is InChI=1S/C18H27N5O2/c1-3-25-11-14-22-15-16(12(2)10-21-17(15)19)23(14)9-5-4-8-20-18(24)13-6-7-13/h10,13H,3-9,11H2,1-2H3,(H2,19,21)(H,20,24). The fourth-order valence-electron chi connectivity index (χ4n) is 3.01. The predicted molar refractivity (Wildman–Crippen MR) is 97.0 cm³/mol. The molecule has 7 nitrogen and oxygen atoms in total. The molecule has 3 rings (SSSR count). The van der Waals surface area contributed by atoms with Crippen LogP contribution in [0.25, 0.3) is 11.0 Å². The SMILES string of the molecule is CCOCc1nc2c(N)ncc(C)c2n1CCCCNC(=O)C1CC1. The summed E-state index contributed by atoms with van der Waals surface area (Å²) >= 11 is 0. The Labute approximate surface area is 148 Å². The maximum absolute atomic E-state index is 11.7. The summed E-state index contributed by atoms with van der Waals surface area (Å²) < 4.78 is 7.74. The van der Waals surface area contributed by atoms with E-state index in [0.717, 1.165) is 61.2 Å². The predicted octanol–water partition coefficient (Wildman–Crippen LogP) is 2.16. The fraction of sp³-hybridized carbons (Fsp3) is 0.611. The van der Waals surface area contributed by atoms with E-state index in [9.17, 15) is 4.79 Å². The molecular weight excluding hydrogens is 318 g/mol. The molecule has 1 amide bonds. The summed E-state index contributed by atoms with van der Waals surface area (Å²) in [5.41, 5.74) is 8.84. The highest BCUT2D eigenvalue weighted by atomic mass is 16.5. The number of nitrogens with one attached hydrogen (secondary N) is 1. The molecule has 0 spiro atoms. The van der Waals surface area contributed by atoms with Crippen molar-refractivity contribution in [1.29, 1.82) is 0 Å². The van der Waals surface area contributed by atoms with Crippen molar-refractivity contribution in [2.75, 3.05) is 18.9 Å². The molecule has 0 unspecified atom stereocenters. The van der Waals surface area contributed by atoms with Gasteiger partial charge < -0.3 is 20.4 Å². The zero-order valence-electron chi connectivity index (χ0n) is 15.0. The van der Waals surface area contributed by atoms with Crippen LogP contribution in [0.1, 0.15) is 44.0 Å². The van der Waals surface area contributed by atoms with Gasteiger partial charge >= 0.3 is 0 Å². The van der Waals surface area contributed by atoms with Gasteiger partial charge in [0.15, 0.2) is 5.82 Å². The van der Waals surface area contributed by atoms with Crippen LogP contribution in [0.15, 0.2) is 6.20 Å². The van der Waals surface area contributed by atoms with Crippen LogP contribution in [-0.4, -0.2) is 33.6 Å². The Morgan fingerprint density at radius 2 is 2.24 bits per heavy atom. The summed E-state index contributed by atoms with van der Waals surface area (Å²) in [7, 11) is 0. The molecule has 1 fully saturated rings. The molecule has 0 bridgehead atoms. The molecule has 1 saturated carbocycles. The molecular formula is C18H27N5O2. The van der Waals surface area contributed by atoms with E-state index in [0.29, 0.717) is 19.0 Å². The van der Waals surface area contributed by atoms with Gasteiger partial charge in [0.2, 0.25) is 5.91 Å². The normalized spacial score (nSPS) is 14.2. The lowest BCUT2D eigenvalue weighted by Gasteiger charge is -2.11. The molecule has 25 heavy (non-hydrogen) atoms. The second-order valence-corrected chi connectivity index (χ2v) is 6.61. The lowest BCUT2D eigenvalue weighted by atomic mass is 10.2. The summed E-state index contributed by atoms with van der Waals surface area (Å²) in [6.45, 7) is 6.64. The summed E-state index contributed by atoms with van der Waals surface area (Å²) in [6, 6.07) is 0. The van der Waals surface area contributed by atoms with Crippen molar-refractivity contribution in [3.8, 4) is 0 Å². The molecule has 1 aliphatic rings. The average Bonchev–Trinajstić information content (AvgIpc) is 3.38. The van der Waals surface area contributed by atoms with Crippen molar-refractivity contribution in [2.45, 2.75) is 52.7 Å². The molecule has 0 aliphatic heterocycles. The Hall–Kier alpha value is -2.15. The van der Waals surface area contributed by atoms with Crippen molar-refractivity contribution < 1.29 is 9.53 Å². The number of nitrogen functional groups attached to an aromatic ring is 1. The minimum atomic E-state index is 0.208. The van der Waals surface area contributed by atoms with Gasteiger partial charge in [0, 0.05) is 31.8 Å². The Kier molecular flexibility index (Phi) is 5.53. The van der Waals surface area contributed by atoms with Crippen LogP contribution in [0.2, 0.25) is 0 Å². The third-order valence-corrected chi connectivity index (χ3v) is 4.55. The highest BCUT2D eigenvalue weighted by molar-refractivity contribution is 5.87. The molecule has 7 heteroatoms. The molecule has 2 aromatic rings. The van der Waals surface area contributed by atoms with Gasteiger partial charge in [-0.3, -0.25) is 4.79 Å². The van der Waals surface area contributed by atoms with Gasteiger partial charge in [0.25, 0.3) is 0 Å². The molecule has 1 aliphatic carbocycles. The maximum atomic E-state index is 11.7. The van der Waals surface area contributed by atoms with E-state index in [1.165, 1.54) is 0 Å². The first kappa shape index (κ1) is 17.7. The Morgan fingerprint density at radius 1 is 1.44 bits per heavy atom. The van der Waals surface area contributed by atoms with E-state index in [1.807, 2.05) is 13.8 Å². The van der Waals surface area contributed by atoms with Crippen LogP contribution in [0.3, 0.4) is 0 Å². The number of carbonyl (C=O) groups excluding carboxylic acids is 1. The Morgan fingerprint density at radius 3 is 2.96 bits per heavy atom. The number of amides is 1. The van der Waals surface area contributed by atoms with Crippen molar-refractivity contribution in [3.63, 3.8) is 0 Å². The van der Waals surface area contributed by atoms with E-state index in [-0.39, 0.29) is 11.8 Å². The summed E-state index contributed by atoms with van der Waals surface area (Å²) in [6.07, 6.45) is 5.77. The van der Waals surface area contributed by atoms with Crippen molar-refractivity contribution in [3.05, 3.63) is 17.6 Å². The number of aryl methyl sites for hydroxylation is 2. The largest absolute Gasteiger partial charge is 0.382 e. The molecule has 0 aromatic carbocycles. The van der Waals surface area contributed by atoms with Gasteiger partial charge in [-0.1, -0.05) is 0 Å². The number of hydrogen-bond acceptors (Lipinski definition) is 5. The second kappa shape index (κ2) is 7.82. The van der Waals surface area contributed by atoms with Gasteiger partial charge in [-0.15, -0.1) is 0 Å². The first-order valence-electron chi connectivity index (χ1n) is 9.07. The maximum Gasteiger partial charge on any atom is 0.223 e. The molecule has 0 saturated heterocycles. The first-order chi connectivity index (χ1) is 12.1. The first-order valence-corrected chi connectivity index (χ1v) is 9.07. The van der Waals surface area contributed by atoms with E-state index in [4.69, 9.17) is 10.5 Å². The molecule has 0 radical (unpaired) electrons. The smallest absolute Gasteiger partial charge is 0.223 e. The zero-order valence-corrected chi connectivity index (χ0v) is 15.0. The van der Waals surface area contributed by atoms with E-state index >= 15 is 0 Å². The van der Waals surface area contributed by atoms with Crippen LogP contribution in [0.5, 0.6) is 0 Å². The number of hydrogen-bond donors (Lipinski definition) is 2. The molecule has 2 heterocycles. The molecule has 136 valence electrons.